The molecule has 2 aromatic carbocycles. The molecule has 1 N–H and O–H groups in total. The van der Waals surface area contributed by atoms with E-state index in [1.54, 1.807) is 12.3 Å². The Morgan fingerprint density at radius 3 is 2.50 bits per heavy atom. The van der Waals surface area contributed by atoms with Gasteiger partial charge in [-0.1, -0.05) is 35.3 Å². The van der Waals surface area contributed by atoms with E-state index in [2.05, 4.69) is 15.3 Å². The molecule has 8 heteroatoms. The third-order valence-electron chi connectivity index (χ3n) is 3.65. The normalized spacial score (nSPS) is 12.1. The second-order valence-electron chi connectivity index (χ2n) is 5.84. The van der Waals surface area contributed by atoms with E-state index >= 15 is 0 Å². The van der Waals surface area contributed by atoms with Crippen molar-refractivity contribution in [3.63, 3.8) is 0 Å². The fraction of sp³-hybridized carbons (Fsp3) is 0.100. The highest BCUT2D eigenvalue weighted by Crippen LogP contribution is 2.22. The summed E-state index contributed by atoms with van der Waals surface area (Å²) >= 11 is 11.8. The zero-order valence-electron chi connectivity index (χ0n) is 14.7. The highest BCUT2D eigenvalue weighted by molar-refractivity contribution is 6.35. The van der Waals surface area contributed by atoms with Crippen molar-refractivity contribution in [3.8, 4) is 0 Å². The number of hydrogen-bond donors (Lipinski definition) is 1. The van der Waals surface area contributed by atoms with Crippen LogP contribution in [0.2, 0.25) is 10.0 Å². The lowest BCUT2D eigenvalue weighted by Gasteiger charge is -2.12. The van der Waals surface area contributed by atoms with Gasteiger partial charge >= 0.3 is 5.97 Å². The van der Waals surface area contributed by atoms with Crippen molar-refractivity contribution in [3.05, 3.63) is 70.5 Å². The Bertz CT molecular complexity index is 1050. The molecule has 1 aromatic heterocycles. The second kappa shape index (κ2) is 8.82. The Morgan fingerprint density at radius 1 is 1.11 bits per heavy atom. The number of benzene rings is 2. The maximum Gasteiger partial charge on any atom is 0.331 e. The minimum Gasteiger partial charge on any atom is -0.449 e. The van der Waals surface area contributed by atoms with Crippen LogP contribution in [-0.2, 0) is 14.3 Å². The Kier molecular flexibility index (Phi) is 6.23. The maximum absolute atomic E-state index is 12.2. The van der Waals surface area contributed by atoms with Crippen molar-refractivity contribution in [2.24, 2.45) is 0 Å². The standard InChI is InChI=1S/C20H15Cl2N3O3/c1-12(20(27)25-16-9-13(21)8-14(22)10-16)28-19(26)7-6-15-11-23-17-4-2-3-5-18(17)24-15/h2-12H,1H3,(H,25,27)/b7-6+. The fourth-order valence-electron chi connectivity index (χ4n) is 2.34. The van der Waals surface area contributed by atoms with Crippen LogP contribution in [0.1, 0.15) is 12.6 Å². The number of amides is 1. The van der Waals surface area contributed by atoms with E-state index in [-0.39, 0.29) is 0 Å². The monoisotopic (exact) mass is 415 g/mol. The van der Waals surface area contributed by atoms with E-state index in [1.807, 2.05) is 24.3 Å². The van der Waals surface area contributed by atoms with Crippen molar-refractivity contribution < 1.29 is 14.3 Å². The minimum absolute atomic E-state index is 0.381. The molecule has 0 aliphatic rings. The van der Waals surface area contributed by atoms with Crippen LogP contribution < -0.4 is 5.32 Å². The summed E-state index contributed by atoms with van der Waals surface area (Å²) in [7, 11) is 0. The van der Waals surface area contributed by atoms with Gasteiger partial charge in [0, 0.05) is 21.8 Å². The molecule has 1 amide bonds. The number of aromatic nitrogens is 2. The van der Waals surface area contributed by atoms with Gasteiger partial charge in [-0.2, -0.15) is 0 Å². The number of ether oxygens (including phenoxy) is 1. The average Bonchev–Trinajstić information content (AvgIpc) is 2.65. The lowest BCUT2D eigenvalue weighted by Crippen LogP contribution is -2.29. The Labute approximate surface area is 171 Å². The number of halogens is 2. The predicted octanol–water partition coefficient (Wildman–Crippen LogP) is 4.52. The van der Waals surface area contributed by atoms with Crippen molar-refractivity contribution in [1.82, 2.24) is 9.97 Å². The summed E-state index contributed by atoms with van der Waals surface area (Å²) in [5.41, 5.74) is 2.38. The van der Waals surface area contributed by atoms with Gasteiger partial charge in [0.05, 0.1) is 22.9 Å². The van der Waals surface area contributed by atoms with Crippen LogP contribution in [0.4, 0.5) is 5.69 Å². The van der Waals surface area contributed by atoms with Crippen LogP contribution in [0.15, 0.2) is 54.7 Å². The van der Waals surface area contributed by atoms with E-state index in [1.165, 1.54) is 31.2 Å². The predicted molar refractivity (Wildman–Crippen MR) is 109 cm³/mol. The summed E-state index contributed by atoms with van der Waals surface area (Å²) in [5, 5.41) is 3.35. The number of rotatable bonds is 5. The maximum atomic E-state index is 12.2. The highest BCUT2D eigenvalue weighted by atomic mass is 35.5. The van der Waals surface area contributed by atoms with E-state index < -0.39 is 18.0 Å². The molecule has 28 heavy (non-hydrogen) atoms. The van der Waals surface area contributed by atoms with E-state index in [4.69, 9.17) is 27.9 Å². The largest absolute Gasteiger partial charge is 0.449 e. The average molecular weight is 416 g/mol. The number of nitrogens with zero attached hydrogens (tertiary/aromatic N) is 2. The van der Waals surface area contributed by atoms with Gasteiger partial charge in [-0.05, 0) is 43.3 Å². The van der Waals surface area contributed by atoms with Crippen LogP contribution in [0.5, 0.6) is 0 Å². The van der Waals surface area contributed by atoms with Gasteiger partial charge in [0.1, 0.15) is 0 Å². The summed E-state index contributed by atoms with van der Waals surface area (Å²) in [4.78, 5) is 32.8. The second-order valence-corrected chi connectivity index (χ2v) is 6.72. The van der Waals surface area contributed by atoms with Gasteiger partial charge in [0.2, 0.25) is 0 Å². The van der Waals surface area contributed by atoms with Gasteiger partial charge < -0.3 is 10.1 Å². The number of para-hydroxylation sites is 2. The zero-order valence-corrected chi connectivity index (χ0v) is 16.2. The first-order chi connectivity index (χ1) is 13.4. The molecule has 0 radical (unpaired) electrons. The minimum atomic E-state index is -1.02. The number of esters is 1. The molecule has 6 nitrogen and oxygen atoms in total. The highest BCUT2D eigenvalue weighted by Gasteiger charge is 2.17. The molecule has 0 saturated carbocycles. The molecule has 142 valence electrons. The van der Waals surface area contributed by atoms with E-state index in [0.717, 1.165) is 5.52 Å². The molecule has 3 aromatic rings. The lowest BCUT2D eigenvalue weighted by atomic mass is 10.3. The van der Waals surface area contributed by atoms with Gasteiger partial charge in [0.25, 0.3) is 5.91 Å². The Morgan fingerprint density at radius 2 is 1.79 bits per heavy atom. The summed E-state index contributed by atoms with van der Waals surface area (Å²) in [6.45, 7) is 1.46. The number of anilines is 1. The summed E-state index contributed by atoms with van der Waals surface area (Å²) in [6.07, 6.45) is 3.20. The number of nitrogens with one attached hydrogen (secondary N) is 1. The van der Waals surface area contributed by atoms with Crippen molar-refractivity contribution >= 4 is 57.9 Å². The van der Waals surface area contributed by atoms with Crippen molar-refractivity contribution in [2.45, 2.75) is 13.0 Å². The molecule has 0 fully saturated rings. The number of hydrogen-bond acceptors (Lipinski definition) is 5. The van der Waals surface area contributed by atoms with Gasteiger partial charge in [-0.15, -0.1) is 0 Å². The molecule has 0 aliphatic carbocycles. The first kappa shape index (κ1) is 19.8. The fourth-order valence-corrected chi connectivity index (χ4v) is 2.87. The topological polar surface area (TPSA) is 81.2 Å². The van der Waals surface area contributed by atoms with Gasteiger partial charge in [-0.3, -0.25) is 9.78 Å². The Hall–Kier alpha value is -2.96. The molecule has 0 spiro atoms. The van der Waals surface area contributed by atoms with Crippen LogP contribution in [-0.4, -0.2) is 27.9 Å². The molecule has 0 saturated heterocycles. The molecule has 1 atom stereocenters. The first-order valence-corrected chi connectivity index (χ1v) is 9.04. The van der Waals surface area contributed by atoms with Crippen LogP contribution in [0.25, 0.3) is 17.1 Å². The zero-order chi connectivity index (χ0) is 20.1. The molecular formula is C20H15Cl2N3O3. The van der Waals surface area contributed by atoms with Crippen LogP contribution >= 0.6 is 23.2 Å². The number of carbonyl (C=O) groups excluding carboxylic acids is 2. The van der Waals surface area contributed by atoms with Gasteiger partial charge in [-0.25, -0.2) is 9.78 Å². The molecular weight excluding hydrogens is 401 g/mol. The first-order valence-electron chi connectivity index (χ1n) is 8.28. The van der Waals surface area contributed by atoms with Crippen molar-refractivity contribution in [1.29, 1.82) is 0 Å². The van der Waals surface area contributed by atoms with E-state index in [9.17, 15) is 9.59 Å². The smallest absolute Gasteiger partial charge is 0.331 e. The third kappa shape index (κ3) is 5.28. The third-order valence-corrected chi connectivity index (χ3v) is 4.09. The SMILES string of the molecule is CC(OC(=O)/C=C/c1cnc2ccccc2n1)C(=O)Nc1cc(Cl)cc(Cl)c1. The summed E-state index contributed by atoms with van der Waals surface area (Å²) in [6, 6.07) is 12.0. The van der Waals surface area contributed by atoms with Gasteiger partial charge in [0.15, 0.2) is 6.10 Å². The number of fused-ring (bicyclic) bond motifs is 1. The lowest BCUT2D eigenvalue weighted by molar-refractivity contribution is -0.148. The van der Waals surface area contributed by atoms with Crippen molar-refractivity contribution in [2.75, 3.05) is 5.32 Å². The molecule has 1 heterocycles. The number of carbonyl (C=O) groups is 2. The molecule has 0 bridgehead atoms. The summed E-state index contributed by atoms with van der Waals surface area (Å²) in [5.74, 6) is -1.19. The quantitative estimate of drug-likeness (QED) is 0.489. The van der Waals surface area contributed by atoms with E-state index in [0.29, 0.717) is 26.9 Å². The summed E-state index contributed by atoms with van der Waals surface area (Å²) < 4.78 is 5.10. The molecule has 1 unspecified atom stereocenters. The van der Waals surface area contributed by atoms with Crippen LogP contribution in [0, 0.1) is 0 Å². The molecule has 3 rings (SSSR count). The molecule has 0 aliphatic heterocycles. The van der Waals surface area contributed by atoms with Crippen LogP contribution in [0.3, 0.4) is 0 Å². The Balaban J connectivity index is 1.59.